The van der Waals surface area contributed by atoms with Crippen LogP contribution in [-0.4, -0.2) is 0 Å². The van der Waals surface area contributed by atoms with Gasteiger partial charge in [-0.2, -0.15) is 0 Å². The monoisotopic (exact) mass is 644 g/mol. The van der Waals surface area contributed by atoms with Gasteiger partial charge in [-0.3, -0.25) is 0 Å². The smallest absolute Gasteiger partial charge is 0.0908 e. The number of fused-ring (bicyclic) bond motifs is 11. The first-order valence-electron chi connectivity index (χ1n) is 14.9. The predicted molar refractivity (Wildman–Crippen MR) is 191 cm³/mol. The Balaban J connectivity index is 1.20. The predicted octanol–water partition coefficient (Wildman–Crippen LogP) is 14.8. The standard InChI is InChI=1S/C32H36S7/c1-3-5-7-9-11-13-15-19-17-21-23-25-26-24-22-18-20(16-14-12-10-8-6-4-2)34-28(22)36-30(24)38-32(26)39-31(25)37-29(23)35-27(21)33-19/h17-18H,3-16H2,1-2H3. The van der Waals surface area contributed by atoms with E-state index in [1.807, 2.05) is 0 Å². The van der Waals surface area contributed by atoms with Crippen molar-refractivity contribution in [2.24, 2.45) is 0 Å². The molecule has 0 N–H and O–H groups in total. The summed E-state index contributed by atoms with van der Waals surface area (Å²) >= 11 is 14.4. The Bertz CT molecular complexity index is 1720. The average molecular weight is 645 g/mol. The largest absolute Gasteiger partial charge is 0.129 e. The molecule has 0 nitrogen and oxygen atoms in total. The number of thiophene rings is 7. The topological polar surface area (TPSA) is 0 Å². The Morgan fingerprint density at radius 3 is 1.18 bits per heavy atom. The first kappa shape index (κ1) is 27.3. The van der Waals surface area contributed by atoms with E-state index in [9.17, 15) is 0 Å². The van der Waals surface area contributed by atoms with Crippen LogP contribution in [0.3, 0.4) is 0 Å². The molecule has 0 unspecified atom stereocenters. The maximum atomic E-state index is 2.57. The van der Waals surface area contributed by atoms with Crippen molar-refractivity contribution in [3.8, 4) is 0 Å². The van der Waals surface area contributed by atoms with Crippen molar-refractivity contribution in [3.63, 3.8) is 0 Å². The van der Waals surface area contributed by atoms with E-state index in [1.54, 1.807) is 66.2 Å². The van der Waals surface area contributed by atoms with Crippen molar-refractivity contribution in [1.82, 2.24) is 0 Å². The van der Waals surface area contributed by atoms with Crippen LogP contribution in [0.5, 0.6) is 0 Å². The minimum Gasteiger partial charge on any atom is -0.129 e. The van der Waals surface area contributed by atoms with Crippen molar-refractivity contribution in [1.29, 1.82) is 0 Å². The van der Waals surface area contributed by atoms with Crippen molar-refractivity contribution in [2.45, 2.75) is 104 Å². The van der Waals surface area contributed by atoms with Crippen molar-refractivity contribution < 1.29 is 0 Å². The van der Waals surface area contributed by atoms with Crippen LogP contribution in [0.15, 0.2) is 12.1 Å². The van der Waals surface area contributed by atoms with Crippen LogP contribution >= 0.6 is 79.4 Å². The molecule has 206 valence electrons. The highest BCUT2D eigenvalue weighted by atomic mass is 32.2. The van der Waals surface area contributed by atoms with E-state index in [2.05, 4.69) is 105 Å². The molecule has 0 atom stereocenters. The fourth-order valence-electron chi connectivity index (χ4n) is 6.02. The molecule has 0 aliphatic carbocycles. The van der Waals surface area contributed by atoms with E-state index < -0.39 is 0 Å². The summed E-state index contributed by atoms with van der Waals surface area (Å²) in [6.07, 6.45) is 19.1. The van der Waals surface area contributed by atoms with Crippen LogP contribution in [0.4, 0.5) is 0 Å². The number of hydrogen-bond acceptors (Lipinski definition) is 7. The molecule has 7 aromatic rings. The molecule has 0 amide bonds. The molecule has 0 saturated carbocycles. The van der Waals surface area contributed by atoms with Gasteiger partial charge in [0.25, 0.3) is 0 Å². The van der Waals surface area contributed by atoms with Gasteiger partial charge in [-0.15, -0.1) is 79.4 Å². The second-order valence-corrected chi connectivity index (χ2v) is 20.0. The van der Waals surface area contributed by atoms with Gasteiger partial charge in [-0.25, -0.2) is 0 Å². The molecule has 0 bridgehead atoms. The lowest BCUT2D eigenvalue weighted by atomic mass is 10.1. The van der Waals surface area contributed by atoms with Crippen LogP contribution in [0.25, 0.3) is 56.4 Å². The number of hydrogen-bond donors (Lipinski definition) is 0. The molecule has 0 radical (unpaired) electrons. The lowest BCUT2D eigenvalue weighted by Crippen LogP contribution is -1.82. The van der Waals surface area contributed by atoms with Crippen LogP contribution in [0, 0.1) is 0 Å². The molecule has 0 aliphatic heterocycles. The van der Waals surface area contributed by atoms with Crippen LogP contribution < -0.4 is 0 Å². The Morgan fingerprint density at radius 1 is 0.385 bits per heavy atom. The zero-order valence-corrected chi connectivity index (χ0v) is 28.6. The lowest BCUT2D eigenvalue weighted by molar-refractivity contribution is 0.609. The van der Waals surface area contributed by atoms with Gasteiger partial charge in [0.1, 0.15) is 0 Å². The molecule has 7 rings (SSSR count). The van der Waals surface area contributed by atoms with E-state index in [0.29, 0.717) is 0 Å². The van der Waals surface area contributed by atoms with Gasteiger partial charge in [0, 0.05) is 42.1 Å². The summed E-state index contributed by atoms with van der Waals surface area (Å²) in [5.74, 6) is 0. The van der Waals surface area contributed by atoms with Gasteiger partial charge in [0.2, 0.25) is 0 Å². The minimum absolute atomic E-state index is 1.26. The van der Waals surface area contributed by atoms with E-state index >= 15 is 0 Å². The minimum atomic E-state index is 1.26. The van der Waals surface area contributed by atoms with Gasteiger partial charge in [0.05, 0.1) is 24.1 Å². The van der Waals surface area contributed by atoms with Crippen LogP contribution in [-0.2, 0) is 12.8 Å². The van der Waals surface area contributed by atoms with Crippen LogP contribution in [0.2, 0.25) is 0 Å². The maximum absolute atomic E-state index is 2.57. The van der Waals surface area contributed by atoms with Gasteiger partial charge in [-0.05, 0) is 37.8 Å². The van der Waals surface area contributed by atoms with E-state index in [-0.39, 0.29) is 0 Å². The first-order valence-corrected chi connectivity index (χ1v) is 20.6. The Morgan fingerprint density at radius 2 is 0.744 bits per heavy atom. The Kier molecular flexibility index (Phi) is 8.39. The third-order valence-electron chi connectivity index (χ3n) is 8.08. The van der Waals surface area contributed by atoms with E-state index in [0.717, 1.165) is 0 Å². The summed E-state index contributed by atoms with van der Waals surface area (Å²) < 4.78 is 9.30. The SMILES string of the molecule is CCCCCCCCc1cc2c(s1)sc1sc3sc4sc5sc6sc(CCCCCCCC)cc6c5c4c3c12. The van der Waals surface area contributed by atoms with Crippen molar-refractivity contribution in [3.05, 3.63) is 21.9 Å². The van der Waals surface area contributed by atoms with Crippen molar-refractivity contribution in [2.75, 3.05) is 0 Å². The summed E-state index contributed by atoms with van der Waals surface area (Å²) in [7, 11) is 0. The summed E-state index contributed by atoms with van der Waals surface area (Å²) in [6, 6.07) is 5.13. The molecule has 0 fully saturated rings. The average Bonchev–Trinajstić information content (AvgIpc) is 3.74. The molecule has 7 heterocycles. The lowest BCUT2D eigenvalue weighted by Gasteiger charge is -1.99. The molecule has 0 aromatic carbocycles. The quantitative estimate of drug-likeness (QED) is 0.103. The molecule has 0 saturated heterocycles. The summed E-state index contributed by atoms with van der Waals surface area (Å²) in [5.41, 5.74) is 0. The van der Waals surface area contributed by atoms with Crippen LogP contribution in [0.1, 0.15) is 101 Å². The number of rotatable bonds is 14. The highest BCUT2D eigenvalue weighted by Gasteiger charge is 2.24. The van der Waals surface area contributed by atoms with Gasteiger partial charge in [0.15, 0.2) is 0 Å². The molecule has 39 heavy (non-hydrogen) atoms. The fraction of sp³-hybridized carbons (Fsp3) is 0.500. The number of unbranched alkanes of at least 4 members (excludes halogenated alkanes) is 10. The van der Waals surface area contributed by atoms with E-state index in [1.165, 1.54) is 89.9 Å². The molecule has 7 heteroatoms. The zero-order chi connectivity index (χ0) is 26.3. The molecule has 0 spiro atoms. The maximum Gasteiger partial charge on any atom is 0.0908 e. The van der Waals surface area contributed by atoms with Crippen molar-refractivity contribution >= 4 is 136 Å². The number of aryl methyl sites for hydroxylation is 2. The molecular formula is C32H36S7. The normalized spacial score (nSPS) is 12.8. The highest BCUT2D eigenvalue weighted by molar-refractivity contribution is 7.60. The third kappa shape index (κ3) is 5.17. The summed E-state index contributed by atoms with van der Waals surface area (Å²) in [6.45, 7) is 4.61. The Hall–Kier alpha value is -0.540. The fourth-order valence-corrected chi connectivity index (χ4v) is 16.7. The summed E-state index contributed by atoms with van der Waals surface area (Å²) in [4.78, 5) is 3.20. The zero-order valence-electron chi connectivity index (χ0n) is 22.9. The second-order valence-electron chi connectivity index (χ2n) is 11.0. The van der Waals surface area contributed by atoms with E-state index in [4.69, 9.17) is 0 Å². The second kappa shape index (κ2) is 12.0. The van der Waals surface area contributed by atoms with Gasteiger partial charge >= 0.3 is 0 Å². The highest BCUT2D eigenvalue weighted by Crippen LogP contribution is 2.57. The molecule has 0 aliphatic rings. The molecular weight excluding hydrogens is 609 g/mol. The van der Waals surface area contributed by atoms with Gasteiger partial charge < -0.3 is 0 Å². The molecule has 7 aromatic heterocycles. The third-order valence-corrected chi connectivity index (χ3v) is 17.0. The Labute approximate surface area is 259 Å². The summed E-state index contributed by atoms with van der Waals surface area (Å²) in [5, 5.41) is 9.42. The van der Waals surface area contributed by atoms with Gasteiger partial charge in [-0.1, -0.05) is 78.1 Å². The first-order chi connectivity index (χ1) is 19.2.